The summed E-state index contributed by atoms with van der Waals surface area (Å²) in [5.74, 6) is 0.803. The quantitative estimate of drug-likeness (QED) is 0.806. The number of fused-ring (bicyclic) bond motifs is 1. The van der Waals surface area contributed by atoms with Crippen molar-refractivity contribution in [1.82, 2.24) is 24.9 Å². The summed E-state index contributed by atoms with van der Waals surface area (Å²) in [6, 6.07) is 9.72. The van der Waals surface area contributed by atoms with E-state index in [-0.39, 0.29) is 11.9 Å². The van der Waals surface area contributed by atoms with Crippen molar-refractivity contribution in [3.05, 3.63) is 47.3 Å². The number of rotatable bonds is 6. The number of aryl methyl sites for hydroxylation is 2. The van der Waals surface area contributed by atoms with E-state index in [1.165, 1.54) is 0 Å². The van der Waals surface area contributed by atoms with Gasteiger partial charge in [-0.05, 0) is 36.6 Å². The molecule has 0 radical (unpaired) electrons. The maximum absolute atomic E-state index is 12.3. The van der Waals surface area contributed by atoms with E-state index in [4.69, 9.17) is 4.74 Å². The molecular weight excluding hydrogens is 370 g/mol. The van der Waals surface area contributed by atoms with E-state index >= 15 is 0 Å². The van der Waals surface area contributed by atoms with E-state index < -0.39 is 0 Å². The smallest absolute Gasteiger partial charge is 0.319 e. The average Bonchev–Trinajstić information content (AvgIpc) is 3.00. The molecule has 3 rings (SSSR count). The van der Waals surface area contributed by atoms with Crippen LogP contribution in [0.15, 0.2) is 30.3 Å². The number of amides is 3. The minimum atomic E-state index is -0.00609. The maximum atomic E-state index is 12.3. The zero-order chi connectivity index (χ0) is 20.8. The van der Waals surface area contributed by atoms with Gasteiger partial charge in [-0.25, -0.2) is 4.79 Å². The Kier molecular flexibility index (Phi) is 6.74. The number of carbonyl (C=O) groups excluding carboxylic acids is 2. The molecule has 0 saturated carbocycles. The molecule has 1 aliphatic rings. The number of nitrogens with one attached hydrogen (secondary N) is 1. The second-order valence-electron chi connectivity index (χ2n) is 7.43. The Labute approximate surface area is 171 Å². The molecule has 3 amide bonds. The Morgan fingerprint density at radius 1 is 1.21 bits per heavy atom. The lowest BCUT2D eigenvalue weighted by Gasteiger charge is -2.23. The Hall–Kier alpha value is -3.03. The molecule has 0 unspecified atom stereocenters. The zero-order valence-electron chi connectivity index (χ0n) is 17.4. The van der Waals surface area contributed by atoms with E-state index in [0.717, 1.165) is 42.2 Å². The number of benzene rings is 1. The summed E-state index contributed by atoms with van der Waals surface area (Å²) in [4.78, 5) is 27.9. The second kappa shape index (κ2) is 9.45. The average molecular weight is 399 g/mol. The molecule has 29 heavy (non-hydrogen) atoms. The van der Waals surface area contributed by atoms with Gasteiger partial charge in [-0.2, -0.15) is 5.10 Å². The molecule has 2 aromatic rings. The first kappa shape index (κ1) is 20.7. The third-order valence-electron chi connectivity index (χ3n) is 4.98. The second-order valence-corrected chi connectivity index (χ2v) is 7.43. The third-order valence-corrected chi connectivity index (χ3v) is 4.98. The summed E-state index contributed by atoms with van der Waals surface area (Å²) in [6.45, 7) is 2.42. The predicted molar refractivity (Wildman–Crippen MR) is 109 cm³/mol. The Morgan fingerprint density at radius 2 is 1.97 bits per heavy atom. The third kappa shape index (κ3) is 5.49. The van der Waals surface area contributed by atoms with Crippen LogP contribution in [0.1, 0.15) is 29.8 Å². The van der Waals surface area contributed by atoms with Crippen LogP contribution in [-0.2, 0) is 30.8 Å². The van der Waals surface area contributed by atoms with E-state index in [2.05, 4.69) is 10.4 Å². The van der Waals surface area contributed by atoms with Crippen LogP contribution in [0.3, 0.4) is 0 Å². The van der Waals surface area contributed by atoms with Crippen LogP contribution in [0.25, 0.3) is 0 Å². The fourth-order valence-electron chi connectivity index (χ4n) is 3.38. The van der Waals surface area contributed by atoms with Crippen LogP contribution in [-0.4, -0.2) is 59.3 Å². The van der Waals surface area contributed by atoms with Crippen LogP contribution in [0.4, 0.5) is 4.79 Å². The first-order chi connectivity index (χ1) is 14.0. The van der Waals surface area contributed by atoms with Gasteiger partial charge in [0.15, 0.2) is 0 Å². The first-order valence-corrected chi connectivity index (χ1v) is 9.87. The van der Waals surface area contributed by atoms with Gasteiger partial charge in [0.1, 0.15) is 5.75 Å². The molecule has 0 saturated heterocycles. The predicted octanol–water partition coefficient (Wildman–Crippen LogP) is 2.03. The summed E-state index contributed by atoms with van der Waals surface area (Å²) in [5, 5.41) is 7.54. The fourth-order valence-corrected chi connectivity index (χ4v) is 3.38. The number of ether oxygens (including phenoxy) is 1. The summed E-state index contributed by atoms with van der Waals surface area (Å²) in [7, 11) is 5.16. The number of urea groups is 1. The van der Waals surface area contributed by atoms with Crippen LogP contribution >= 0.6 is 0 Å². The molecule has 8 nitrogen and oxygen atoms in total. The van der Waals surface area contributed by atoms with Gasteiger partial charge in [0.05, 0.1) is 31.6 Å². The van der Waals surface area contributed by atoms with Crippen molar-refractivity contribution in [2.45, 2.75) is 38.9 Å². The van der Waals surface area contributed by atoms with Gasteiger partial charge in [-0.1, -0.05) is 12.1 Å². The molecule has 1 aliphatic heterocycles. The molecule has 8 heteroatoms. The van der Waals surface area contributed by atoms with Crippen LogP contribution < -0.4 is 10.1 Å². The number of hydrogen-bond acceptors (Lipinski definition) is 4. The number of nitrogens with zero attached hydrogens (tertiary/aromatic N) is 4. The fraction of sp³-hybridized carbons (Fsp3) is 0.476. The van der Waals surface area contributed by atoms with Gasteiger partial charge in [0.2, 0.25) is 5.91 Å². The minimum absolute atomic E-state index is 0.00609. The van der Waals surface area contributed by atoms with E-state index in [0.29, 0.717) is 25.9 Å². The minimum Gasteiger partial charge on any atom is -0.497 e. The zero-order valence-corrected chi connectivity index (χ0v) is 17.4. The monoisotopic (exact) mass is 399 g/mol. The standard InChI is InChI=1S/C21H29N5O3/c1-24(2)21(28)25-11-4-12-26-18(15-25)13-17(23-26)14-22-20(27)10-7-16-5-8-19(29-3)9-6-16/h5-6,8-9,13H,4,7,10-12,14-15H2,1-3H3,(H,22,27). The maximum Gasteiger partial charge on any atom is 0.319 e. The normalized spacial score (nSPS) is 13.4. The SMILES string of the molecule is COc1ccc(CCC(=O)NCc2cc3n(n2)CCCN(C(=O)N(C)C)C3)cc1. The lowest BCUT2D eigenvalue weighted by molar-refractivity contribution is -0.121. The largest absolute Gasteiger partial charge is 0.497 e. The van der Waals surface area contributed by atoms with Crippen molar-refractivity contribution in [3.63, 3.8) is 0 Å². The van der Waals surface area contributed by atoms with Gasteiger partial charge >= 0.3 is 6.03 Å². The summed E-state index contributed by atoms with van der Waals surface area (Å²) >= 11 is 0. The van der Waals surface area contributed by atoms with E-state index in [1.54, 1.807) is 26.1 Å². The molecule has 0 aliphatic carbocycles. The molecule has 0 spiro atoms. The first-order valence-electron chi connectivity index (χ1n) is 9.87. The highest BCUT2D eigenvalue weighted by Gasteiger charge is 2.21. The molecular formula is C21H29N5O3. The van der Waals surface area contributed by atoms with Crippen LogP contribution in [0.2, 0.25) is 0 Å². The van der Waals surface area contributed by atoms with E-state index in [1.807, 2.05) is 39.9 Å². The molecule has 0 bridgehead atoms. The van der Waals surface area contributed by atoms with Crippen LogP contribution in [0.5, 0.6) is 5.75 Å². The van der Waals surface area contributed by atoms with Crippen molar-refractivity contribution in [1.29, 1.82) is 0 Å². The molecule has 1 aromatic carbocycles. The summed E-state index contributed by atoms with van der Waals surface area (Å²) < 4.78 is 7.09. The molecule has 1 aromatic heterocycles. The number of aromatic nitrogens is 2. The lowest BCUT2D eigenvalue weighted by Crippen LogP contribution is -2.38. The van der Waals surface area contributed by atoms with Gasteiger partial charge < -0.3 is 19.9 Å². The number of methoxy groups -OCH3 is 1. The van der Waals surface area contributed by atoms with Crippen molar-refractivity contribution in [3.8, 4) is 5.75 Å². The van der Waals surface area contributed by atoms with Crippen molar-refractivity contribution in [2.24, 2.45) is 0 Å². The van der Waals surface area contributed by atoms with Crippen LogP contribution in [0, 0.1) is 0 Å². The Balaban J connectivity index is 1.50. The van der Waals surface area contributed by atoms with Crippen molar-refractivity contribution >= 4 is 11.9 Å². The molecule has 1 N–H and O–H groups in total. The Morgan fingerprint density at radius 3 is 2.66 bits per heavy atom. The van der Waals surface area contributed by atoms with Gasteiger partial charge in [-0.15, -0.1) is 0 Å². The number of hydrogen-bond donors (Lipinski definition) is 1. The van der Waals surface area contributed by atoms with Crippen molar-refractivity contribution < 1.29 is 14.3 Å². The Bertz CT molecular complexity index is 845. The van der Waals surface area contributed by atoms with Crippen molar-refractivity contribution in [2.75, 3.05) is 27.7 Å². The molecule has 0 atom stereocenters. The topological polar surface area (TPSA) is 79.7 Å². The molecule has 2 heterocycles. The van der Waals surface area contributed by atoms with Gasteiger partial charge in [-0.3, -0.25) is 9.48 Å². The lowest BCUT2D eigenvalue weighted by atomic mass is 10.1. The highest BCUT2D eigenvalue weighted by Crippen LogP contribution is 2.15. The van der Waals surface area contributed by atoms with Gasteiger partial charge in [0, 0.05) is 33.6 Å². The molecule has 0 fully saturated rings. The van der Waals surface area contributed by atoms with E-state index in [9.17, 15) is 9.59 Å². The summed E-state index contributed by atoms with van der Waals surface area (Å²) in [6.07, 6.45) is 1.96. The van der Waals surface area contributed by atoms with Gasteiger partial charge in [0.25, 0.3) is 0 Å². The molecule has 156 valence electrons. The summed E-state index contributed by atoms with van der Waals surface area (Å²) in [5.41, 5.74) is 2.91. The highest BCUT2D eigenvalue weighted by molar-refractivity contribution is 5.76. The highest BCUT2D eigenvalue weighted by atomic mass is 16.5. The number of carbonyl (C=O) groups is 2.